The number of halogens is 1. The van der Waals surface area contributed by atoms with Crippen LogP contribution in [0.25, 0.3) is 0 Å². The number of anilines is 1. The number of benzene rings is 1. The monoisotopic (exact) mass is 274 g/mol. The van der Waals surface area contributed by atoms with Gasteiger partial charge in [0.1, 0.15) is 0 Å². The van der Waals surface area contributed by atoms with Crippen molar-refractivity contribution < 1.29 is 8.42 Å². The van der Waals surface area contributed by atoms with E-state index in [1.807, 2.05) is 0 Å². The molecule has 0 aliphatic heterocycles. The second-order valence-electron chi connectivity index (χ2n) is 2.88. The predicted octanol–water partition coefficient (Wildman–Crippen LogP) is 2.49. The van der Waals surface area contributed by atoms with E-state index in [9.17, 15) is 8.42 Å². The largest absolute Gasteiger partial charge is 0.279 e. The summed E-state index contributed by atoms with van der Waals surface area (Å²) >= 11 is 7.04. The highest BCUT2D eigenvalue weighted by atomic mass is 35.5. The van der Waals surface area contributed by atoms with Crippen LogP contribution in [-0.2, 0) is 10.0 Å². The maximum atomic E-state index is 12.0. The van der Waals surface area contributed by atoms with Gasteiger partial charge in [0, 0.05) is 17.2 Å². The van der Waals surface area contributed by atoms with Crippen LogP contribution in [0.1, 0.15) is 0 Å². The topological polar surface area (TPSA) is 50.3 Å². The second kappa shape index (κ2) is 4.40. The summed E-state index contributed by atoms with van der Waals surface area (Å²) in [4.78, 5) is 3.98. The quantitative estimate of drug-likeness (QED) is 0.808. The highest BCUT2D eigenvalue weighted by Crippen LogP contribution is 2.24. The Labute approximate surface area is 102 Å². The molecule has 2 aromatic rings. The van der Waals surface area contributed by atoms with E-state index in [4.69, 9.17) is 11.8 Å². The Kier molecular flexibility index (Phi) is 3.13. The van der Waals surface area contributed by atoms with E-state index in [1.54, 1.807) is 23.6 Å². The van der Waals surface area contributed by atoms with E-state index in [0.717, 1.165) is 0 Å². The highest BCUT2D eigenvalue weighted by Gasteiger charge is 2.24. The molecule has 1 aromatic carbocycles. The molecule has 0 bridgehead atoms. The average Bonchev–Trinajstić information content (AvgIpc) is 2.82. The summed E-state index contributed by atoms with van der Waals surface area (Å²) in [5.74, 6) is 0.204. The first-order valence-corrected chi connectivity index (χ1v) is 6.99. The maximum absolute atomic E-state index is 12.0. The Bertz CT molecular complexity index is 554. The van der Waals surface area contributed by atoms with E-state index in [0.29, 0.717) is 3.82 Å². The first kappa shape index (κ1) is 11.4. The summed E-state index contributed by atoms with van der Waals surface area (Å²) in [7, 11) is -3.72. The molecule has 0 radical (unpaired) electrons. The standard InChI is InChI=1S/C9H7ClN2O2S2/c10-12(9-6-15-7-11-9)16(13,14)8-4-2-1-3-5-8/h1-7H. The molecule has 0 saturated carbocycles. The summed E-state index contributed by atoms with van der Waals surface area (Å²) in [6.45, 7) is 0. The summed E-state index contributed by atoms with van der Waals surface area (Å²) in [5.41, 5.74) is 1.52. The van der Waals surface area contributed by atoms with E-state index in [2.05, 4.69) is 4.98 Å². The number of thiazole rings is 1. The zero-order valence-corrected chi connectivity index (χ0v) is 10.3. The van der Waals surface area contributed by atoms with Crippen molar-refractivity contribution in [1.29, 1.82) is 0 Å². The van der Waals surface area contributed by atoms with Gasteiger partial charge in [0.2, 0.25) is 0 Å². The van der Waals surface area contributed by atoms with Gasteiger partial charge in [-0.25, -0.2) is 4.98 Å². The minimum Gasteiger partial charge on any atom is -0.225 e. The molecule has 4 nitrogen and oxygen atoms in total. The van der Waals surface area contributed by atoms with Crippen molar-refractivity contribution in [2.24, 2.45) is 0 Å². The fraction of sp³-hybridized carbons (Fsp3) is 0. The van der Waals surface area contributed by atoms with Gasteiger partial charge in [-0.3, -0.25) is 0 Å². The summed E-state index contributed by atoms with van der Waals surface area (Å²) < 4.78 is 24.6. The third-order valence-electron chi connectivity index (χ3n) is 1.85. The minimum atomic E-state index is -3.72. The van der Waals surface area contributed by atoms with Crippen LogP contribution in [0.2, 0.25) is 0 Å². The lowest BCUT2D eigenvalue weighted by Gasteiger charge is -2.12. The van der Waals surface area contributed by atoms with Crippen LogP contribution >= 0.6 is 23.1 Å². The van der Waals surface area contributed by atoms with E-state index >= 15 is 0 Å². The molecule has 0 unspecified atom stereocenters. The van der Waals surface area contributed by atoms with Gasteiger partial charge < -0.3 is 0 Å². The lowest BCUT2D eigenvalue weighted by Crippen LogP contribution is -2.21. The van der Waals surface area contributed by atoms with Gasteiger partial charge >= 0.3 is 0 Å². The lowest BCUT2D eigenvalue weighted by atomic mass is 10.4. The Morgan fingerprint density at radius 1 is 1.25 bits per heavy atom. The third-order valence-corrected chi connectivity index (χ3v) is 4.62. The predicted molar refractivity (Wildman–Crippen MR) is 64.1 cm³/mol. The van der Waals surface area contributed by atoms with E-state index in [1.165, 1.54) is 29.0 Å². The molecule has 16 heavy (non-hydrogen) atoms. The van der Waals surface area contributed by atoms with Crippen molar-refractivity contribution in [3.05, 3.63) is 41.2 Å². The molecule has 1 aromatic heterocycles. The summed E-state index contributed by atoms with van der Waals surface area (Å²) in [6, 6.07) is 7.98. The van der Waals surface area contributed by atoms with Crippen molar-refractivity contribution in [2.75, 3.05) is 3.82 Å². The Morgan fingerprint density at radius 2 is 1.94 bits per heavy atom. The molecule has 84 valence electrons. The van der Waals surface area contributed by atoms with Gasteiger partial charge in [-0.15, -0.1) is 11.3 Å². The number of rotatable bonds is 3. The molecular formula is C9H7ClN2O2S2. The van der Waals surface area contributed by atoms with Crippen molar-refractivity contribution in [3.8, 4) is 0 Å². The van der Waals surface area contributed by atoms with Crippen LogP contribution in [-0.4, -0.2) is 13.4 Å². The molecule has 0 saturated heterocycles. The molecule has 1 heterocycles. The maximum Gasteiger partial charge on any atom is 0.279 e. The van der Waals surface area contributed by atoms with Gasteiger partial charge in [-0.05, 0) is 12.1 Å². The van der Waals surface area contributed by atoms with Crippen molar-refractivity contribution in [1.82, 2.24) is 4.98 Å². The first-order chi connectivity index (χ1) is 7.62. The van der Waals surface area contributed by atoms with Gasteiger partial charge in [0.15, 0.2) is 5.82 Å². The molecule has 0 spiro atoms. The number of nitrogens with zero attached hydrogens (tertiary/aromatic N) is 2. The van der Waals surface area contributed by atoms with Crippen molar-refractivity contribution in [2.45, 2.75) is 4.90 Å². The van der Waals surface area contributed by atoms with Gasteiger partial charge in [-0.2, -0.15) is 12.2 Å². The molecule has 0 aliphatic carbocycles. The highest BCUT2D eigenvalue weighted by molar-refractivity contribution is 7.94. The van der Waals surface area contributed by atoms with Crippen LogP contribution < -0.4 is 3.82 Å². The Balaban J connectivity index is 2.41. The number of hydrogen-bond donors (Lipinski definition) is 0. The normalized spacial score (nSPS) is 11.3. The molecule has 0 atom stereocenters. The van der Waals surface area contributed by atoms with Gasteiger partial charge in [0.25, 0.3) is 10.0 Å². The zero-order chi connectivity index (χ0) is 11.6. The van der Waals surface area contributed by atoms with Crippen molar-refractivity contribution >= 4 is 39.0 Å². The fourth-order valence-electron chi connectivity index (χ4n) is 1.10. The van der Waals surface area contributed by atoms with Crippen LogP contribution in [0.15, 0.2) is 46.1 Å². The smallest absolute Gasteiger partial charge is 0.225 e. The van der Waals surface area contributed by atoms with Crippen LogP contribution in [0, 0.1) is 0 Å². The average molecular weight is 275 g/mol. The third kappa shape index (κ3) is 2.04. The molecule has 0 aliphatic rings. The van der Waals surface area contributed by atoms with E-state index < -0.39 is 10.0 Å². The fourth-order valence-corrected chi connectivity index (χ4v) is 3.11. The first-order valence-electron chi connectivity index (χ1n) is 4.27. The van der Waals surface area contributed by atoms with Crippen LogP contribution in [0.5, 0.6) is 0 Å². The van der Waals surface area contributed by atoms with Crippen LogP contribution in [0.4, 0.5) is 5.82 Å². The zero-order valence-electron chi connectivity index (χ0n) is 7.95. The molecule has 0 amide bonds. The Hall–Kier alpha value is -1.11. The Morgan fingerprint density at radius 3 is 2.50 bits per heavy atom. The molecule has 0 N–H and O–H groups in total. The summed E-state index contributed by atoms with van der Waals surface area (Å²) in [5, 5.41) is 1.56. The number of sulfonamides is 1. The minimum absolute atomic E-state index is 0.137. The van der Waals surface area contributed by atoms with Crippen LogP contribution in [0.3, 0.4) is 0 Å². The second-order valence-corrected chi connectivity index (χ2v) is 5.92. The molecular weight excluding hydrogens is 268 g/mol. The van der Waals surface area contributed by atoms with Gasteiger partial charge in [0.05, 0.1) is 10.4 Å². The van der Waals surface area contributed by atoms with Crippen molar-refractivity contribution in [3.63, 3.8) is 0 Å². The number of hydrogen-bond acceptors (Lipinski definition) is 4. The molecule has 7 heteroatoms. The molecule has 2 rings (SSSR count). The molecule has 0 fully saturated rings. The lowest BCUT2D eigenvalue weighted by molar-refractivity contribution is 0.598. The van der Waals surface area contributed by atoms with Gasteiger partial charge in [-0.1, -0.05) is 18.2 Å². The summed E-state index contributed by atoms with van der Waals surface area (Å²) in [6.07, 6.45) is 0. The SMILES string of the molecule is O=S(=O)(c1ccccc1)N(Cl)c1cscn1. The van der Waals surface area contributed by atoms with E-state index in [-0.39, 0.29) is 10.7 Å². The number of aromatic nitrogens is 1.